The van der Waals surface area contributed by atoms with Gasteiger partial charge in [0, 0.05) is 13.0 Å². The number of fused-ring (bicyclic) bond motifs is 1. The average molecular weight is 289 g/mol. The average Bonchev–Trinajstić information content (AvgIpc) is 2.74. The third kappa shape index (κ3) is 3.41. The van der Waals surface area contributed by atoms with Gasteiger partial charge in [0.2, 0.25) is 0 Å². The second-order valence-corrected chi connectivity index (χ2v) is 6.67. The second-order valence-electron chi connectivity index (χ2n) is 6.67. The van der Waals surface area contributed by atoms with Crippen LogP contribution in [0, 0.1) is 6.92 Å². The molecule has 1 unspecified atom stereocenters. The molecule has 0 radical (unpaired) electrons. The maximum absolute atomic E-state index is 6.30. The summed E-state index contributed by atoms with van der Waals surface area (Å²) in [6, 6.07) is 6.41. The summed E-state index contributed by atoms with van der Waals surface area (Å²) >= 11 is 0. The molecule has 0 amide bonds. The molecule has 2 N–H and O–H groups in total. The lowest BCUT2D eigenvalue weighted by molar-refractivity contribution is -0.0742. The number of aryl methyl sites for hydroxylation is 1. The third-order valence-electron chi connectivity index (χ3n) is 4.92. The van der Waals surface area contributed by atoms with Crippen LogP contribution in [0.5, 0.6) is 5.75 Å². The molecule has 1 aromatic rings. The van der Waals surface area contributed by atoms with Crippen LogP contribution in [0.25, 0.3) is 0 Å². The summed E-state index contributed by atoms with van der Waals surface area (Å²) in [5, 5.41) is 0. The highest BCUT2D eigenvalue weighted by Gasteiger charge is 2.33. The molecule has 3 rings (SSSR count). The summed E-state index contributed by atoms with van der Waals surface area (Å²) < 4.78 is 12.3. The van der Waals surface area contributed by atoms with Gasteiger partial charge in [0.05, 0.1) is 12.2 Å². The van der Waals surface area contributed by atoms with Crippen molar-refractivity contribution in [3.8, 4) is 5.75 Å². The monoisotopic (exact) mass is 289 g/mol. The van der Waals surface area contributed by atoms with Crippen molar-refractivity contribution in [2.45, 2.75) is 63.6 Å². The van der Waals surface area contributed by atoms with E-state index in [0.717, 1.165) is 25.0 Å². The lowest BCUT2D eigenvalue weighted by atomic mass is 9.94. The van der Waals surface area contributed by atoms with Crippen LogP contribution in [-0.4, -0.2) is 24.9 Å². The van der Waals surface area contributed by atoms with Gasteiger partial charge in [-0.2, -0.15) is 0 Å². The Labute approximate surface area is 127 Å². The lowest BCUT2D eigenvalue weighted by Crippen LogP contribution is -2.42. The van der Waals surface area contributed by atoms with Gasteiger partial charge in [0.15, 0.2) is 0 Å². The van der Waals surface area contributed by atoms with Crippen LogP contribution in [0.15, 0.2) is 18.2 Å². The molecule has 1 aliphatic heterocycles. The number of rotatable bonds is 4. The first-order valence-corrected chi connectivity index (χ1v) is 8.31. The van der Waals surface area contributed by atoms with E-state index in [4.69, 9.17) is 15.2 Å². The SMILES string of the molecule is Cc1ccc2c(c1)CC(COC1(CN)CCCCCC1)O2. The predicted octanol–water partition coefficient (Wildman–Crippen LogP) is 3.37. The Morgan fingerprint density at radius 3 is 2.71 bits per heavy atom. The minimum Gasteiger partial charge on any atom is -0.487 e. The van der Waals surface area contributed by atoms with Gasteiger partial charge in [-0.25, -0.2) is 0 Å². The van der Waals surface area contributed by atoms with Crippen molar-refractivity contribution in [3.63, 3.8) is 0 Å². The van der Waals surface area contributed by atoms with Gasteiger partial charge in [-0.1, -0.05) is 43.4 Å². The normalized spacial score (nSPS) is 24.2. The van der Waals surface area contributed by atoms with Gasteiger partial charge in [-0.15, -0.1) is 0 Å². The molecule has 0 aromatic heterocycles. The van der Waals surface area contributed by atoms with E-state index in [-0.39, 0.29) is 11.7 Å². The number of hydrogen-bond donors (Lipinski definition) is 1. The van der Waals surface area contributed by atoms with Crippen LogP contribution in [0.3, 0.4) is 0 Å². The predicted molar refractivity (Wildman–Crippen MR) is 84.7 cm³/mol. The number of benzene rings is 1. The molecule has 1 fully saturated rings. The Kier molecular flexibility index (Phi) is 4.51. The summed E-state index contributed by atoms with van der Waals surface area (Å²) in [7, 11) is 0. The van der Waals surface area contributed by atoms with Gasteiger partial charge in [0.25, 0.3) is 0 Å². The largest absolute Gasteiger partial charge is 0.487 e. The molecule has 1 saturated carbocycles. The minimum absolute atomic E-state index is 0.107. The summed E-state index contributed by atoms with van der Waals surface area (Å²) in [5.41, 5.74) is 8.53. The van der Waals surface area contributed by atoms with Crippen molar-refractivity contribution in [1.82, 2.24) is 0 Å². The fourth-order valence-electron chi connectivity index (χ4n) is 3.59. The van der Waals surface area contributed by atoms with Crippen LogP contribution >= 0.6 is 0 Å². The molecule has 1 aromatic carbocycles. The Morgan fingerprint density at radius 2 is 2.00 bits per heavy atom. The Balaban J connectivity index is 1.58. The second kappa shape index (κ2) is 6.37. The molecule has 1 heterocycles. The molecule has 1 atom stereocenters. The molecule has 2 aliphatic rings. The highest BCUT2D eigenvalue weighted by molar-refractivity contribution is 5.40. The van der Waals surface area contributed by atoms with Crippen molar-refractivity contribution in [1.29, 1.82) is 0 Å². The molecular weight excluding hydrogens is 262 g/mol. The van der Waals surface area contributed by atoms with Crippen LogP contribution in [-0.2, 0) is 11.2 Å². The maximum Gasteiger partial charge on any atom is 0.126 e. The van der Waals surface area contributed by atoms with E-state index < -0.39 is 0 Å². The summed E-state index contributed by atoms with van der Waals surface area (Å²) in [6.07, 6.45) is 8.41. The van der Waals surface area contributed by atoms with Crippen molar-refractivity contribution in [2.75, 3.05) is 13.2 Å². The van der Waals surface area contributed by atoms with Gasteiger partial charge in [-0.05, 0) is 31.4 Å². The molecule has 3 nitrogen and oxygen atoms in total. The fourth-order valence-corrected chi connectivity index (χ4v) is 3.59. The van der Waals surface area contributed by atoms with Gasteiger partial charge >= 0.3 is 0 Å². The van der Waals surface area contributed by atoms with Crippen molar-refractivity contribution >= 4 is 0 Å². The standard InChI is InChI=1S/C18H27NO2/c1-14-6-7-17-15(10-14)11-16(21-17)12-20-18(13-19)8-4-2-3-5-9-18/h6-7,10,16H,2-5,8-9,11-13,19H2,1H3. The molecule has 1 aliphatic carbocycles. The van der Waals surface area contributed by atoms with E-state index in [1.165, 1.54) is 36.8 Å². The number of hydrogen-bond acceptors (Lipinski definition) is 3. The number of ether oxygens (including phenoxy) is 2. The zero-order chi connectivity index (χ0) is 14.7. The maximum atomic E-state index is 6.30. The molecule has 21 heavy (non-hydrogen) atoms. The zero-order valence-corrected chi connectivity index (χ0v) is 13.1. The first kappa shape index (κ1) is 14.9. The molecule has 0 bridgehead atoms. The van der Waals surface area contributed by atoms with Gasteiger partial charge in [-0.3, -0.25) is 0 Å². The fraction of sp³-hybridized carbons (Fsp3) is 0.667. The smallest absolute Gasteiger partial charge is 0.126 e. The van der Waals surface area contributed by atoms with E-state index in [9.17, 15) is 0 Å². The molecular formula is C18H27NO2. The Morgan fingerprint density at radius 1 is 1.24 bits per heavy atom. The van der Waals surface area contributed by atoms with Crippen LogP contribution in [0.2, 0.25) is 0 Å². The first-order valence-electron chi connectivity index (χ1n) is 8.31. The zero-order valence-electron chi connectivity index (χ0n) is 13.1. The Hall–Kier alpha value is -1.06. The minimum atomic E-state index is -0.107. The highest BCUT2D eigenvalue weighted by Crippen LogP contribution is 2.33. The van der Waals surface area contributed by atoms with Crippen molar-refractivity contribution < 1.29 is 9.47 Å². The molecule has 3 heteroatoms. The van der Waals surface area contributed by atoms with E-state index in [0.29, 0.717) is 13.2 Å². The quantitative estimate of drug-likeness (QED) is 0.864. The molecule has 0 spiro atoms. The van der Waals surface area contributed by atoms with Crippen LogP contribution < -0.4 is 10.5 Å². The lowest BCUT2D eigenvalue weighted by Gasteiger charge is -2.32. The molecule has 116 valence electrons. The first-order chi connectivity index (χ1) is 10.2. The van der Waals surface area contributed by atoms with Gasteiger partial charge in [0.1, 0.15) is 11.9 Å². The number of nitrogens with two attached hydrogens (primary N) is 1. The highest BCUT2D eigenvalue weighted by atomic mass is 16.5. The Bertz CT molecular complexity index is 478. The summed E-state index contributed by atoms with van der Waals surface area (Å²) in [4.78, 5) is 0. The van der Waals surface area contributed by atoms with E-state index in [1.807, 2.05) is 0 Å². The molecule has 0 saturated heterocycles. The van der Waals surface area contributed by atoms with Crippen LogP contribution in [0.1, 0.15) is 49.7 Å². The topological polar surface area (TPSA) is 44.5 Å². The summed E-state index contributed by atoms with van der Waals surface area (Å²) in [5.74, 6) is 1.02. The van der Waals surface area contributed by atoms with Crippen LogP contribution in [0.4, 0.5) is 0 Å². The van der Waals surface area contributed by atoms with Crippen molar-refractivity contribution in [3.05, 3.63) is 29.3 Å². The van der Waals surface area contributed by atoms with E-state index in [1.54, 1.807) is 0 Å². The third-order valence-corrected chi connectivity index (χ3v) is 4.92. The summed E-state index contributed by atoms with van der Waals surface area (Å²) in [6.45, 7) is 3.41. The van der Waals surface area contributed by atoms with E-state index in [2.05, 4.69) is 25.1 Å². The van der Waals surface area contributed by atoms with Gasteiger partial charge < -0.3 is 15.2 Å². The van der Waals surface area contributed by atoms with E-state index >= 15 is 0 Å². The van der Waals surface area contributed by atoms with Crippen molar-refractivity contribution in [2.24, 2.45) is 5.73 Å².